The Labute approximate surface area is 112 Å². The molecule has 0 aromatic heterocycles. The fraction of sp³-hybridized carbons (Fsp3) is 0.200. The normalized spacial score (nSPS) is 10.1. The van der Waals surface area contributed by atoms with Crippen molar-refractivity contribution in [2.75, 3.05) is 6.61 Å². The molecule has 0 fully saturated rings. The first-order valence-electron chi connectivity index (χ1n) is 5.88. The van der Waals surface area contributed by atoms with E-state index in [-0.39, 0.29) is 0 Å². The van der Waals surface area contributed by atoms with Crippen LogP contribution in [0.1, 0.15) is 12.5 Å². The van der Waals surface area contributed by atoms with E-state index in [9.17, 15) is 0 Å². The van der Waals surface area contributed by atoms with Crippen molar-refractivity contribution in [1.82, 2.24) is 0 Å². The van der Waals surface area contributed by atoms with E-state index in [1.54, 1.807) is 0 Å². The molecule has 0 atom stereocenters. The maximum absolute atomic E-state index is 5.89. The van der Waals surface area contributed by atoms with Crippen molar-refractivity contribution in [3.8, 4) is 17.2 Å². The third kappa shape index (κ3) is 2.96. The summed E-state index contributed by atoms with van der Waals surface area (Å²) in [6, 6.07) is 15.3. The summed E-state index contributed by atoms with van der Waals surface area (Å²) in [6.07, 6.45) is 0. The van der Waals surface area contributed by atoms with Crippen LogP contribution in [0.4, 0.5) is 0 Å². The molecule has 0 N–H and O–H groups in total. The Bertz CT molecular complexity index is 511. The van der Waals surface area contributed by atoms with Gasteiger partial charge in [0.25, 0.3) is 0 Å². The highest BCUT2D eigenvalue weighted by Crippen LogP contribution is 2.33. The quantitative estimate of drug-likeness (QED) is 0.732. The standard InChI is InChI=1S/C15H15ClO2/c1-2-17-14-9-5-6-10-15(14)18-13-8-4-3-7-12(13)11-16/h3-10H,2,11H2,1H3. The fourth-order valence-corrected chi connectivity index (χ4v) is 1.86. The number of ether oxygens (including phenoxy) is 2. The summed E-state index contributed by atoms with van der Waals surface area (Å²) in [5, 5.41) is 0. The number of para-hydroxylation sites is 3. The van der Waals surface area contributed by atoms with Crippen LogP contribution in [0.2, 0.25) is 0 Å². The molecule has 0 radical (unpaired) electrons. The Balaban J connectivity index is 2.28. The maximum Gasteiger partial charge on any atom is 0.169 e. The summed E-state index contributed by atoms with van der Waals surface area (Å²) in [5.41, 5.74) is 0.963. The van der Waals surface area contributed by atoms with Gasteiger partial charge in [-0.3, -0.25) is 0 Å². The molecule has 94 valence electrons. The van der Waals surface area contributed by atoms with Crippen LogP contribution >= 0.6 is 11.6 Å². The topological polar surface area (TPSA) is 18.5 Å². The van der Waals surface area contributed by atoms with Crippen molar-refractivity contribution in [3.63, 3.8) is 0 Å². The molecule has 0 aliphatic carbocycles. The van der Waals surface area contributed by atoms with Crippen LogP contribution in [0, 0.1) is 0 Å². The molecule has 0 unspecified atom stereocenters. The number of hydrogen-bond acceptors (Lipinski definition) is 2. The van der Waals surface area contributed by atoms with Gasteiger partial charge in [0.2, 0.25) is 0 Å². The monoisotopic (exact) mass is 262 g/mol. The van der Waals surface area contributed by atoms with E-state index in [1.165, 1.54) is 0 Å². The van der Waals surface area contributed by atoms with Crippen molar-refractivity contribution in [1.29, 1.82) is 0 Å². The van der Waals surface area contributed by atoms with Crippen molar-refractivity contribution in [2.45, 2.75) is 12.8 Å². The Kier molecular flexibility index (Phi) is 4.48. The highest BCUT2D eigenvalue weighted by Gasteiger charge is 2.07. The molecule has 0 amide bonds. The summed E-state index contributed by atoms with van der Waals surface area (Å²) >= 11 is 5.89. The second-order valence-corrected chi connectivity index (χ2v) is 3.99. The van der Waals surface area contributed by atoms with Crippen molar-refractivity contribution >= 4 is 11.6 Å². The lowest BCUT2D eigenvalue weighted by Gasteiger charge is -2.13. The molecule has 2 aromatic rings. The van der Waals surface area contributed by atoms with E-state index in [0.29, 0.717) is 18.2 Å². The van der Waals surface area contributed by atoms with Gasteiger partial charge in [-0.25, -0.2) is 0 Å². The highest BCUT2D eigenvalue weighted by molar-refractivity contribution is 6.17. The molecule has 0 aliphatic heterocycles. The summed E-state index contributed by atoms with van der Waals surface area (Å²) < 4.78 is 11.4. The zero-order valence-corrected chi connectivity index (χ0v) is 11.0. The molecular formula is C15H15ClO2. The van der Waals surface area contributed by atoms with Gasteiger partial charge >= 0.3 is 0 Å². The van der Waals surface area contributed by atoms with Gasteiger partial charge in [-0.05, 0) is 25.1 Å². The molecule has 0 heterocycles. The van der Waals surface area contributed by atoms with Gasteiger partial charge in [0, 0.05) is 5.56 Å². The van der Waals surface area contributed by atoms with Gasteiger partial charge in [-0.2, -0.15) is 0 Å². The summed E-state index contributed by atoms with van der Waals surface area (Å²) in [5.74, 6) is 2.63. The van der Waals surface area contributed by atoms with Crippen LogP contribution in [0.25, 0.3) is 0 Å². The fourth-order valence-electron chi connectivity index (χ4n) is 1.64. The van der Waals surface area contributed by atoms with Crippen LogP contribution < -0.4 is 9.47 Å². The second kappa shape index (κ2) is 6.31. The molecular weight excluding hydrogens is 248 g/mol. The van der Waals surface area contributed by atoms with E-state index in [4.69, 9.17) is 21.1 Å². The van der Waals surface area contributed by atoms with E-state index in [1.807, 2.05) is 55.5 Å². The van der Waals surface area contributed by atoms with E-state index in [2.05, 4.69) is 0 Å². The maximum atomic E-state index is 5.89. The van der Waals surface area contributed by atoms with Gasteiger partial charge in [-0.1, -0.05) is 30.3 Å². The zero-order valence-electron chi connectivity index (χ0n) is 10.2. The smallest absolute Gasteiger partial charge is 0.169 e. The molecule has 18 heavy (non-hydrogen) atoms. The van der Waals surface area contributed by atoms with Gasteiger partial charge in [0.15, 0.2) is 11.5 Å². The summed E-state index contributed by atoms with van der Waals surface area (Å²) in [6.45, 7) is 2.56. The number of halogens is 1. The second-order valence-electron chi connectivity index (χ2n) is 3.72. The lowest BCUT2D eigenvalue weighted by atomic mass is 10.2. The zero-order chi connectivity index (χ0) is 12.8. The minimum Gasteiger partial charge on any atom is -0.490 e. The number of alkyl halides is 1. The first-order valence-corrected chi connectivity index (χ1v) is 6.42. The van der Waals surface area contributed by atoms with Crippen LogP contribution in [-0.2, 0) is 5.88 Å². The molecule has 0 aliphatic rings. The SMILES string of the molecule is CCOc1ccccc1Oc1ccccc1CCl. The Morgan fingerprint density at radius 2 is 1.50 bits per heavy atom. The third-order valence-electron chi connectivity index (χ3n) is 2.49. The first kappa shape index (κ1) is 12.8. The van der Waals surface area contributed by atoms with Crippen molar-refractivity contribution in [3.05, 3.63) is 54.1 Å². The first-order chi connectivity index (χ1) is 8.85. The Morgan fingerprint density at radius 1 is 0.889 bits per heavy atom. The Hall–Kier alpha value is -1.67. The number of hydrogen-bond donors (Lipinski definition) is 0. The highest BCUT2D eigenvalue weighted by atomic mass is 35.5. The lowest BCUT2D eigenvalue weighted by molar-refractivity contribution is 0.321. The van der Waals surface area contributed by atoms with Crippen LogP contribution in [0.3, 0.4) is 0 Å². The number of rotatable bonds is 5. The van der Waals surface area contributed by atoms with Crippen LogP contribution in [0.5, 0.6) is 17.2 Å². The van der Waals surface area contributed by atoms with Crippen molar-refractivity contribution < 1.29 is 9.47 Å². The Morgan fingerprint density at radius 3 is 2.17 bits per heavy atom. The molecule has 0 spiro atoms. The average Bonchev–Trinajstić information content (AvgIpc) is 2.42. The van der Waals surface area contributed by atoms with E-state index >= 15 is 0 Å². The molecule has 0 saturated heterocycles. The molecule has 2 aromatic carbocycles. The van der Waals surface area contributed by atoms with Gasteiger partial charge < -0.3 is 9.47 Å². The summed E-state index contributed by atoms with van der Waals surface area (Å²) in [7, 11) is 0. The average molecular weight is 263 g/mol. The number of benzene rings is 2. The van der Waals surface area contributed by atoms with Crippen molar-refractivity contribution in [2.24, 2.45) is 0 Å². The molecule has 0 saturated carbocycles. The molecule has 3 heteroatoms. The van der Waals surface area contributed by atoms with Gasteiger partial charge in [0.1, 0.15) is 5.75 Å². The van der Waals surface area contributed by atoms with Gasteiger partial charge in [-0.15, -0.1) is 11.6 Å². The molecule has 0 bridgehead atoms. The van der Waals surface area contributed by atoms with E-state index in [0.717, 1.165) is 17.1 Å². The minimum absolute atomic E-state index is 0.424. The minimum atomic E-state index is 0.424. The molecule has 2 nitrogen and oxygen atoms in total. The molecule has 2 rings (SSSR count). The van der Waals surface area contributed by atoms with Gasteiger partial charge in [0.05, 0.1) is 12.5 Å². The summed E-state index contributed by atoms with van der Waals surface area (Å²) in [4.78, 5) is 0. The third-order valence-corrected chi connectivity index (χ3v) is 2.77. The largest absolute Gasteiger partial charge is 0.490 e. The van der Waals surface area contributed by atoms with E-state index < -0.39 is 0 Å². The predicted octanol–water partition coefficient (Wildman–Crippen LogP) is 4.62. The van der Waals surface area contributed by atoms with Crippen LogP contribution in [-0.4, -0.2) is 6.61 Å². The predicted molar refractivity (Wildman–Crippen MR) is 73.7 cm³/mol. The van der Waals surface area contributed by atoms with Crippen LogP contribution in [0.15, 0.2) is 48.5 Å². The lowest BCUT2D eigenvalue weighted by Crippen LogP contribution is -1.95.